The summed E-state index contributed by atoms with van der Waals surface area (Å²) >= 11 is 3.69. The fraction of sp³-hybridized carbons (Fsp3) is 0.231. The summed E-state index contributed by atoms with van der Waals surface area (Å²) < 4.78 is 0. The highest BCUT2D eigenvalue weighted by Gasteiger charge is 2.08. The van der Waals surface area contributed by atoms with Crippen molar-refractivity contribution in [3.63, 3.8) is 0 Å². The molecule has 0 nitrogen and oxygen atoms in total. The molecule has 0 fully saturated rings. The second-order valence-electron chi connectivity index (χ2n) is 3.06. The highest BCUT2D eigenvalue weighted by molar-refractivity contribution is 9.09. The van der Waals surface area contributed by atoms with Crippen molar-refractivity contribution in [2.75, 3.05) is 0 Å². The van der Waals surface area contributed by atoms with Gasteiger partial charge in [0.15, 0.2) is 0 Å². The summed E-state index contributed by atoms with van der Waals surface area (Å²) in [7, 11) is 0. The van der Waals surface area contributed by atoms with E-state index in [1.54, 1.807) is 0 Å². The largest absolute Gasteiger partial charge is 0.0873 e. The summed E-state index contributed by atoms with van der Waals surface area (Å²) in [5.74, 6) is 0. The summed E-state index contributed by atoms with van der Waals surface area (Å²) in [6.07, 6.45) is 6.32. The van der Waals surface area contributed by atoms with Crippen molar-refractivity contribution in [3.05, 3.63) is 59.7 Å². The first-order valence-electron chi connectivity index (χ1n) is 4.77. The molecule has 0 bridgehead atoms. The molecule has 1 unspecified atom stereocenters. The maximum atomic E-state index is 3.69. The van der Waals surface area contributed by atoms with Crippen LogP contribution in [-0.2, 0) is 0 Å². The lowest BCUT2D eigenvalue weighted by molar-refractivity contribution is 1.17. The highest BCUT2D eigenvalue weighted by atomic mass is 79.9. The van der Waals surface area contributed by atoms with E-state index in [0.717, 1.165) is 0 Å². The van der Waals surface area contributed by atoms with Gasteiger partial charge in [-0.1, -0.05) is 64.5 Å². The zero-order valence-electron chi connectivity index (χ0n) is 8.57. The van der Waals surface area contributed by atoms with Crippen molar-refractivity contribution < 1.29 is 0 Å². The number of allylic oxidation sites excluding steroid dienone is 4. The van der Waals surface area contributed by atoms with Crippen LogP contribution in [0.4, 0.5) is 0 Å². The standard InChI is InChI=1S/C13H15Br/c1-3-8-11(4-2)13(14)12-9-6-5-7-10-12/h3-10,13H,1-2H3/b8-3-,11-4+. The summed E-state index contributed by atoms with van der Waals surface area (Å²) in [5, 5.41) is 0. The maximum Gasteiger partial charge on any atom is 0.0641 e. The van der Waals surface area contributed by atoms with Gasteiger partial charge in [0.05, 0.1) is 4.83 Å². The molecule has 1 aromatic carbocycles. The van der Waals surface area contributed by atoms with Crippen LogP contribution in [0.15, 0.2) is 54.1 Å². The molecule has 0 aliphatic heterocycles. The summed E-state index contributed by atoms with van der Waals surface area (Å²) in [4.78, 5) is 0.296. The Bertz CT molecular complexity index is 322. The van der Waals surface area contributed by atoms with Crippen LogP contribution in [0.1, 0.15) is 24.2 Å². The third-order valence-electron chi connectivity index (χ3n) is 2.08. The molecule has 0 spiro atoms. The molecule has 0 aliphatic carbocycles. The Hall–Kier alpha value is -0.820. The maximum absolute atomic E-state index is 3.69. The van der Waals surface area contributed by atoms with Gasteiger partial charge in [-0.15, -0.1) is 0 Å². The van der Waals surface area contributed by atoms with Gasteiger partial charge < -0.3 is 0 Å². The van der Waals surface area contributed by atoms with Gasteiger partial charge in [-0.05, 0) is 25.0 Å². The molecule has 0 saturated carbocycles. The topological polar surface area (TPSA) is 0 Å². The van der Waals surface area contributed by atoms with Gasteiger partial charge in [0.25, 0.3) is 0 Å². The van der Waals surface area contributed by atoms with E-state index in [1.807, 2.05) is 13.0 Å². The zero-order valence-corrected chi connectivity index (χ0v) is 10.2. The molecular formula is C13H15Br. The van der Waals surface area contributed by atoms with Crippen molar-refractivity contribution in [1.82, 2.24) is 0 Å². The first-order chi connectivity index (χ1) is 6.79. The monoisotopic (exact) mass is 250 g/mol. The predicted molar refractivity (Wildman–Crippen MR) is 66.7 cm³/mol. The fourth-order valence-electron chi connectivity index (χ4n) is 1.33. The Kier molecular flexibility index (Phi) is 4.68. The third-order valence-corrected chi connectivity index (χ3v) is 3.13. The van der Waals surface area contributed by atoms with E-state index in [4.69, 9.17) is 0 Å². The molecule has 14 heavy (non-hydrogen) atoms. The minimum atomic E-state index is 0.296. The van der Waals surface area contributed by atoms with Crippen LogP contribution < -0.4 is 0 Å². The number of halogens is 1. The molecule has 0 amide bonds. The second kappa shape index (κ2) is 5.82. The van der Waals surface area contributed by atoms with Crippen LogP contribution in [0, 0.1) is 0 Å². The van der Waals surface area contributed by atoms with Crippen LogP contribution in [0.2, 0.25) is 0 Å². The SMILES string of the molecule is C/C=C\C(=C/C)C(Br)c1ccccc1. The number of hydrogen-bond acceptors (Lipinski definition) is 0. The number of hydrogen-bond donors (Lipinski definition) is 0. The first-order valence-corrected chi connectivity index (χ1v) is 5.69. The molecule has 0 N–H and O–H groups in total. The molecule has 1 atom stereocenters. The van der Waals surface area contributed by atoms with Gasteiger partial charge in [0, 0.05) is 0 Å². The lowest BCUT2D eigenvalue weighted by Crippen LogP contribution is -1.91. The minimum absolute atomic E-state index is 0.296. The molecule has 0 radical (unpaired) electrons. The minimum Gasteiger partial charge on any atom is -0.0873 e. The Morgan fingerprint density at radius 1 is 1.21 bits per heavy atom. The molecular weight excluding hydrogens is 236 g/mol. The van der Waals surface area contributed by atoms with E-state index in [9.17, 15) is 0 Å². The van der Waals surface area contributed by atoms with Gasteiger partial charge in [-0.3, -0.25) is 0 Å². The van der Waals surface area contributed by atoms with Gasteiger partial charge in [0.1, 0.15) is 0 Å². The summed E-state index contributed by atoms with van der Waals surface area (Å²) in [5.41, 5.74) is 2.58. The van der Waals surface area contributed by atoms with Gasteiger partial charge in [-0.25, -0.2) is 0 Å². The summed E-state index contributed by atoms with van der Waals surface area (Å²) in [6.45, 7) is 4.10. The van der Waals surface area contributed by atoms with Gasteiger partial charge >= 0.3 is 0 Å². The van der Waals surface area contributed by atoms with Crippen LogP contribution in [-0.4, -0.2) is 0 Å². The second-order valence-corrected chi connectivity index (χ2v) is 3.98. The van der Waals surface area contributed by atoms with Gasteiger partial charge in [0.2, 0.25) is 0 Å². The van der Waals surface area contributed by atoms with Crippen molar-refractivity contribution in [1.29, 1.82) is 0 Å². The van der Waals surface area contributed by atoms with Crippen LogP contribution >= 0.6 is 15.9 Å². The van der Waals surface area contributed by atoms with Crippen molar-refractivity contribution in [3.8, 4) is 0 Å². The average Bonchev–Trinajstić information content (AvgIpc) is 2.26. The smallest absolute Gasteiger partial charge is 0.0641 e. The van der Waals surface area contributed by atoms with E-state index < -0.39 is 0 Å². The molecule has 1 heteroatoms. The quantitative estimate of drug-likeness (QED) is 0.542. The van der Waals surface area contributed by atoms with Crippen molar-refractivity contribution in [2.45, 2.75) is 18.7 Å². The number of rotatable bonds is 3. The zero-order chi connectivity index (χ0) is 10.4. The van der Waals surface area contributed by atoms with Crippen LogP contribution in [0.5, 0.6) is 0 Å². The molecule has 0 heterocycles. The number of benzene rings is 1. The van der Waals surface area contributed by atoms with Gasteiger partial charge in [-0.2, -0.15) is 0 Å². The van der Waals surface area contributed by atoms with Crippen LogP contribution in [0.3, 0.4) is 0 Å². The highest BCUT2D eigenvalue weighted by Crippen LogP contribution is 2.31. The third kappa shape index (κ3) is 2.85. The van der Waals surface area contributed by atoms with E-state index in [0.29, 0.717) is 4.83 Å². The van der Waals surface area contributed by atoms with E-state index in [-0.39, 0.29) is 0 Å². The van der Waals surface area contributed by atoms with Crippen molar-refractivity contribution in [2.24, 2.45) is 0 Å². The van der Waals surface area contributed by atoms with E-state index in [1.165, 1.54) is 11.1 Å². The average molecular weight is 251 g/mol. The Morgan fingerprint density at radius 2 is 1.86 bits per heavy atom. The Labute approximate surface area is 94.5 Å². The lowest BCUT2D eigenvalue weighted by atomic mass is 10.0. The molecule has 1 aromatic rings. The molecule has 0 saturated heterocycles. The van der Waals surface area contributed by atoms with E-state index >= 15 is 0 Å². The van der Waals surface area contributed by atoms with Crippen molar-refractivity contribution >= 4 is 15.9 Å². The normalized spacial score (nSPS) is 14.6. The molecule has 74 valence electrons. The first kappa shape index (κ1) is 11.3. The van der Waals surface area contributed by atoms with Crippen LogP contribution in [0.25, 0.3) is 0 Å². The predicted octanol–water partition coefficient (Wildman–Crippen LogP) is 4.65. The lowest BCUT2D eigenvalue weighted by Gasteiger charge is -2.10. The Balaban J connectivity index is 2.89. The molecule has 0 aromatic heterocycles. The number of alkyl halides is 1. The molecule has 1 rings (SSSR count). The molecule has 0 aliphatic rings. The Morgan fingerprint density at radius 3 is 2.36 bits per heavy atom. The van der Waals surface area contributed by atoms with E-state index in [2.05, 4.69) is 65.3 Å². The fourth-order valence-corrected chi connectivity index (χ4v) is 2.06. The summed E-state index contributed by atoms with van der Waals surface area (Å²) in [6, 6.07) is 10.4.